The average Bonchev–Trinajstić information content (AvgIpc) is 3.49. The molecule has 10 rings (SSSR count). The van der Waals surface area contributed by atoms with Gasteiger partial charge in [-0.2, -0.15) is 0 Å². The summed E-state index contributed by atoms with van der Waals surface area (Å²) in [5, 5.41) is 8.21. The van der Waals surface area contributed by atoms with E-state index < -0.39 is 0 Å². The fourth-order valence-corrected chi connectivity index (χ4v) is 7.26. The topological polar surface area (TPSA) is 43.6 Å². The van der Waals surface area contributed by atoms with Crippen LogP contribution < -0.4 is 0 Å². The van der Waals surface area contributed by atoms with E-state index in [9.17, 15) is 0 Å². The highest BCUT2D eigenvalue weighted by molar-refractivity contribution is 6.29. The van der Waals surface area contributed by atoms with Crippen LogP contribution in [0.3, 0.4) is 0 Å². The van der Waals surface area contributed by atoms with Crippen LogP contribution >= 0.6 is 0 Å². The summed E-state index contributed by atoms with van der Waals surface area (Å²) in [4.78, 5) is 14.9. The molecule has 0 atom stereocenters. The number of benzene rings is 6. The molecule has 0 fully saturated rings. The maximum absolute atomic E-state index is 5.18. The Hall–Kier alpha value is -6.39. The van der Waals surface area contributed by atoms with Crippen molar-refractivity contribution in [3.8, 4) is 28.2 Å². The van der Waals surface area contributed by atoms with E-state index in [0.29, 0.717) is 0 Å². The Balaban J connectivity index is 1.20. The van der Waals surface area contributed by atoms with Gasteiger partial charge in [0.2, 0.25) is 0 Å². The van der Waals surface area contributed by atoms with Crippen LogP contribution in [0.4, 0.5) is 0 Å². The highest BCUT2D eigenvalue weighted by atomic mass is 15.0. The fourth-order valence-electron chi connectivity index (χ4n) is 7.26. The van der Waals surface area contributed by atoms with E-state index in [1.165, 1.54) is 27.2 Å². The summed E-state index contributed by atoms with van der Waals surface area (Å²) in [7, 11) is 0. The van der Waals surface area contributed by atoms with Crippen LogP contribution in [0.15, 0.2) is 158 Å². The molecule has 0 saturated heterocycles. The molecule has 4 aromatic heterocycles. The molecule has 0 saturated carbocycles. The lowest BCUT2D eigenvalue weighted by Gasteiger charge is -2.13. The molecule has 0 N–H and O–H groups in total. The van der Waals surface area contributed by atoms with E-state index in [0.717, 1.165) is 66.3 Å². The zero-order chi connectivity index (χ0) is 30.9. The van der Waals surface area contributed by atoms with Gasteiger partial charge in [-0.15, -0.1) is 0 Å². The van der Waals surface area contributed by atoms with Crippen molar-refractivity contribution in [1.82, 2.24) is 19.5 Å². The Morgan fingerprint density at radius 1 is 0.426 bits per heavy atom. The van der Waals surface area contributed by atoms with Gasteiger partial charge in [-0.3, -0.25) is 4.98 Å². The van der Waals surface area contributed by atoms with Gasteiger partial charge >= 0.3 is 0 Å². The van der Waals surface area contributed by atoms with E-state index in [-0.39, 0.29) is 0 Å². The summed E-state index contributed by atoms with van der Waals surface area (Å²) >= 11 is 0. The second-order valence-electron chi connectivity index (χ2n) is 12.0. The predicted molar refractivity (Wildman–Crippen MR) is 195 cm³/mol. The SMILES string of the molecule is c1ccc(-c2nc3ccccc3c3c2ccc2c3c3ccccc3n2-c2ccc(-c3ccc4ccc5cccnc5c4n3)cc2)cc1. The molecule has 0 aliphatic carbocycles. The van der Waals surface area contributed by atoms with Gasteiger partial charge in [-0.1, -0.05) is 109 Å². The van der Waals surface area contributed by atoms with Crippen LogP contribution in [0, 0.1) is 0 Å². The second-order valence-corrected chi connectivity index (χ2v) is 12.0. The normalized spacial score (nSPS) is 11.8. The van der Waals surface area contributed by atoms with Crippen LogP contribution in [0.1, 0.15) is 0 Å². The first-order chi connectivity index (χ1) is 23.3. The van der Waals surface area contributed by atoms with Gasteiger partial charge in [0.1, 0.15) is 0 Å². The van der Waals surface area contributed by atoms with Crippen molar-refractivity contribution in [3.63, 3.8) is 0 Å². The van der Waals surface area contributed by atoms with Gasteiger partial charge in [0.25, 0.3) is 0 Å². The fraction of sp³-hybridized carbons (Fsp3) is 0. The molecule has 47 heavy (non-hydrogen) atoms. The minimum atomic E-state index is 0.926. The van der Waals surface area contributed by atoms with E-state index in [4.69, 9.17) is 9.97 Å². The number of rotatable bonds is 3. The third kappa shape index (κ3) is 3.92. The molecule has 0 unspecified atom stereocenters. The Kier molecular flexibility index (Phi) is 5.54. The third-order valence-corrected chi connectivity index (χ3v) is 9.40. The van der Waals surface area contributed by atoms with E-state index in [1.54, 1.807) is 0 Å². The number of pyridine rings is 3. The zero-order valence-corrected chi connectivity index (χ0v) is 25.3. The van der Waals surface area contributed by atoms with Gasteiger partial charge in [0, 0.05) is 60.7 Å². The van der Waals surface area contributed by atoms with Crippen molar-refractivity contribution in [2.45, 2.75) is 0 Å². The number of hydrogen-bond acceptors (Lipinski definition) is 3. The molecular formula is C43H26N4. The maximum atomic E-state index is 5.18. The molecule has 0 amide bonds. The van der Waals surface area contributed by atoms with Gasteiger partial charge in [0.15, 0.2) is 0 Å². The Labute approximate surface area is 270 Å². The van der Waals surface area contributed by atoms with Crippen molar-refractivity contribution >= 4 is 65.3 Å². The van der Waals surface area contributed by atoms with Crippen LogP contribution in [-0.2, 0) is 0 Å². The molecule has 4 nitrogen and oxygen atoms in total. The summed E-state index contributed by atoms with van der Waals surface area (Å²) in [5.74, 6) is 0. The lowest BCUT2D eigenvalue weighted by Crippen LogP contribution is -1.95. The predicted octanol–water partition coefficient (Wildman–Crippen LogP) is 10.9. The van der Waals surface area contributed by atoms with E-state index >= 15 is 0 Å². The summed E-state index contributed by atoms with van der Waals surface area (Å²) in [6.45, 7) is 0. The monoisotopic (exact) mass is 598 g/mol. The highest BCUT2D eigenvalue weighted by Crippen LogP contribution is 2.42. The number of hydrogen-bond donors (Lipinski definition) is 0. The van der Waals surface area contributed by atoms with Gasteiger partial charge in [-0.05, 0) is 42.5 Å². The molecule has 6 aromatic carbocycles. The quantitative estimate of drug-likeness (QED) is 0.190. The minimum absolute atomic E-state index is 0.926. The molecule has 0 radical (unpaired) electrons. The first-order valence-electron chi connectivity index (χ1n) is 15.9. The summed E-state index contributed by atoms with van der Waals surface area (Å²) in [5.41, 5.74) is 10.4. The van der Waals surface area contributed by atoms with Crippen molar-refractivity contribution in [3.05, 3.63) is 158 Å². The Morgan fingerprint density at radius 2 is 1.17 bits per heavy atom. The van der Waals surface area contributed by atoms with Gasteiger partial charge in [0.05, 0.1) is 39.0 Å². The molecule has 10 aromatic rings. The Bertz CT molecular complexity index is 2830. The smallest absolute Gasteiger partial charge is 0.0972 e. The van der Waals surface area contributed by atoms with Crippen LogP contribution in [0.2, 0.25) is 0 Å². The van der Waals surface area contributed by atoms with Crippen LogP contribution in [-0.4, -0.2) is 19.5 Å². The Morgan fingerprint density at radius 3 is 2.04 bits per heavy atom. The van der Waals surface area contributed by atoms with Crippen molar-refractivity contribution < 1.29 is 0 Å². The molecule has 0 aliphatic rings. The first-order valence-corrected chi connectivity index (χ1v) is 15.9. The van der Waals surface area contributed by atoms with Gasteiger partial charge < -0.3 is 4.57 Å². The summed E-state index contributed by atoms with van der Waals surface area (Å²) < 4.78 is 2.39. The van der Waals surface area contributed by atoms with Gasteiger partial charge in [-0.25, -0.2) is 9.97 Å². The zero-order valence-electron chi connectivity index (χ0n) is 25.3. The standard InChI is InChI=1S/C43H26N4/c1-2-9-28(10-3-1)41-34-23-25-38-40(39(34)32-12-4-6-14-36(32)46-41)33-13-5-7-15-37(33)47(38)31-21-18-27(19-22-31)35-24-20-30-17-16-29-11-8-26-44-42(29)43(30)45-35/h1-26H. The highest BCUT2D eigenvalue weighted by Gasteiger charge is 2.19. The molecule has 0 bridgehead atoms. The molecule has 0 spiro atoms. The lowest BCUT2D eigenvalue weighted by molar-refractivity contribution is 1.18. The summed E-state index contributed by atoms with van der Waals surface area (Å²) in [6.07, 6.45) is 1.83. The van der Waals surface area contributed by atoms with Crippen LogP contribution in [0.25, 0.3) is 93.5 Å². The molecule has 0 aliphatic heterocycles. The minimum Gasteiger partial charge on any atom is -0.309 e. The van der Waals surface area contributed by atoms with E-state index in [1.807, 2.05) is 12.3 Å². The number of nitrogens with zero attached hydrogens (tertiary/aromatic N) is 4. The molecular weight excluding hydrogens is 573 g/mol. The molecule has 218 valence electrons. The second kappa shape index (κ2) is 10.1. The van der Waals surface area contributed by atoms with Crippen molar-refractivity contribution in [2.75, 3.05) is 0 Å². The maximum Gasteiger partial charge on any atom is 0.0972 e. The first kappa shape index (κ1) is 25.9. The third-order valence-electron chi connectivity index (χ3n) is 9.40. The number of fused-ring (bicyclic) bond motifs is 10. The number of aromatic nitrogens is 4. The molecule has 4 heterocycles. The van der Waals surface area contributed by atoms with Crippen LogP contribution in [0.5, 0.6) is 0 Å². The van der Waals surface area contributed by atoms with Crippen molar-refractivity contribution in [1.29, 1.82) is 0 Å². The lowest BCUT2D eigenvalue weighted by atomic mass is 9.96. The number of para-hydroxylation sites is 2. The average molecular weight is 599 g/mol. The largest absolute Gasteiger partial charge is 0.309 e. The molecule has 4 heteroatoms. The van der Waals surface area contributed by atoms with E-state index in [2.05, 4.69) is 155 Å². The van der Waals surface area contributed by atoms with Crippen molar-refractivity contribution in [2.24, 2.45) is 0 Å². The summed E-state index contributed by atoms with van der Waals surface area (Å²) in [6, 6.07) is 53.6.